The van der Waals surface area contributed by atoms with Gasteiger partial charge in [0.15, 0.2) is 0 Å². The maximum Gasteiger partial charge on any atom is 0.546 e. The molecule has 0 aliphatic rings. The van der Waals surface area contributed by atoms with Crippen molar-refractivity contribution in [2.24, 2.45) is 0 Å². The smallest absolute Gasteiger partial charge is 0.396 e. The van der Waals surface area contributed by atoms with Gasteiger partial charge in [-0.15, -0.1) is 0 Å². The minimum atomic E-state index is -2.15. The van der Waals surface area contributed by atoms with Gasteiger partial charge >= 0.3 is 8.03 Å². The van der Waals surface area contributed by atoms with Crippen LogP contribution in [-0.2, 0) is 26.3 Å². The molecule has 1 aromatic carbocycles. The number of rotatable bonds is 9. The van der Waals surface area contributed by atoms with E-state index in [4.69, 9.17) is 25.3 Å². The van der Waals surface area contributed by atoms with Crippen LogP contribution in [0.5, 0.6) is 0 Å². The molecule has 1 rings (SSSR count). The molecule has 0 spiro atoms. The molecule has 0 saturated heterocycles. The predicted molar refractivity (Wildman–Crippen MR) is 124 cm³/mol. The fourth-order valence-corrected chi connectivity index (χ4v) is 1.62. The molecule has 30 heavy (non-hydrogen) atoms. The second kappa shape index (κ2) is 42.8. The molecule has 1 unspecified atom stereocenters. The zero-order valence-corrected chi connectivity index (χ0v) is 21.9. The molecular weight excluding hydrogens is 439 g/mol. The van der Waals surface area contributed by atoms with Crippen LogP contribution in [0.25, 0.3) is 0 Å². The van der Waals surface area contributed by atoms with Crippen molar-refractivity contribution < 1.29 is 51.6 Å². The maximum atomic E-state index is 10.3. The van der Waals surface area contributed by atoms with Gasteiger partial charge in [0.25, 0.3) is 0 Å². The molecule has 1 aromatic rings. The van der Waals surface area contributed by atoms with Gasteiger partial charge in [-0.2, -0.15) is 4.89 Å². The van der Waals surface area contributed by atoms with E-state index in [0.29, 0.717) is 31.7 Å². The number of aliphatic hydroxyl groups excluding tert-OH is 4. The van der Waals surface area contributed by atoms with E-state index < -0.39 is 8.03 Å². The van der Waals surface area contributed by atoms with E-state index in [0.717, 1.165) is 51.4 Å². The number of hydrogen-bond acceptors (Lipinski definition) is 5. The van der Waals surface area contributed by atoms with Gasteiger partial charge in [-0.3, -0.25) is 0 Å². The van der Waals surface area contributed by atoms with Crippen molar-refractivity contribution in [1.82, 2.24) is 0 Å². The summed E-state index contributed by atoms with van der Waals surface area (Å²) < 4.78 is 10.3. The standard InChI is InChI=1S/C6H5O2P.4C4H10O.Ti/c7-9(8)6-4-2-1-3-5-6;4*1-2-3-4-5;/h1-5H;4*5H,2-4H2,1H3;/p+1. The Hall–Kier alpha value is -0.166. The Labute approximate surface area is 200 Å². The van der Waals surface area contributed by atoms with Crippen LogP contribution in [-0.4, -0.2) is 51.7 Å². The monoisotopic (exact) mass is 485 g/mol. The van der Waals surface area contributed by atoms with E-state index in [1.54, 1.807) is 24.3 Å². The summed E-state index contributed by atoms with van der Waals surface area (Å²) in [5, 5.41) is 32.7. The van der Waals surface area contributed by atoms with Gasteiger partial charge in [0.1, 0.15) is 0 Å². The largest absolute Gasteiger partial charge is 0.546 e. The van der Waals surface area contributed by atoms with Crippen molar-refractivity contribution in [2.45, 2.75) is 79.1 Å². The van der Waals surface area contributed by atoms with Crippen LogP contribution in [0, 0.1) is 0 Å². The zero-order chi connectivity index (χ0) is 23.2. The molecular formula is C22H46O6PTi+. The van der Waals surface area contributed by atoms with Gasteiger partial charge in [0, 0.05) is 48.1 Å². The second-order valence-corrected chi connectivity index (χ2v) is 6.98. The van der Waals surface area contributed by atoms with E-state index in [-0.39, 0.29) is 21.7 Å². The first-order valence-corrected chi connectivity index (χ1v) is 11.8. The minimum absolute atomic E-state index is 0. The van der Waals surface area contributed by atoms with Crippen molar-refractivity contribution in [3.63, 3.8) is 0 Å². The normalized spacial score (nSPS) is 8.90. The van der Waals surface area contributed by atoms with Crippen LogP contribution in [0.4, 0.5) is 0 Å². The van der Waals surface area contributed by atoms with E-state index >= 15 is 0 Å². The van der Waals surface area contributed by atoms with E-state index in [1.165, 1.54) is 0 Å². The van der Waals surface area contributed by atoms with Gasteiger partial charge in [-0.05, 0) is 42.4 Å². The summed E-state index contributed by atoms with van der Waals surface area (Å²) in [5.74, 6) is 0. The Bertz CT molecular complexity index is 351. The molecule has 0 heterocycles. The number of hydrogen-bond donors (Lipinski definition) is 5. The molecule has 1 atom stereocenters. The SMILES string of the molecule is CCCCO.CCCCO.CCCCO.CCCCO.O=[P+](O)c1ccccc1.[Ti]. The molecule has 0 aromatic heterocycles. The molecule has 6 nitrogen and oxygen atoms in total. The summed E-state index contributed by atoms with van der Waals surface area (Å²) in [7, 11) is -2.15. The first kappa shape index (κ1) is 40.2. The van der Waals surface area contributed by atoms with Gasteiger partial charge in [0.05, 0.1) is 0 Å². The average Bonchev–Trinajstić information content (AvgIpc) is 2.73. The van der Waals surface area contributed by atoms with Gasteiger partial charge < -0.3 is 20.4 Å². The molecule has 0 aliphatic heterocycles. The van der Waals surface area contributed by atoms with Crippen LogP contribution in [0.3, 0.4) is 0 Å². The van der Waals surface area contributed by atoms with Crippen LogP contribution in [0.1, 0.15) is 79.1 Å². The summed E-state index contributed by atoms with van der Waals surface area (Å²) in [5.41, 5.74) is 0. The van der Waals surface area contributed by atoms with Crippen molar-refractivity contribution in [3.05, 3.63) is 30.3 Å². The summed E-state index contributed by atoms with van der Waals surface area (Å²) in [6, 6.07) is 8.53. The molecule has 0 fully saturated rings. The Kier molecular flexibility index (Phi) is 57.4. The van der Waals surface area contributed by atoms with Crippen molar-refractivity contribution in [1.29, 1.82) is 0 Å². The molecule has 5 N–H and O–H groups in total. The Morgan fingerprint density at radius 3 is 1.00 bits per heavy atom. The Morgan fingerprint density at radius 1 is 0.633 bits per heavy atom. The minimum Gasteiger partial charge on any atom is -0.396 e. The number of aliphatic hydroxyl groups is 4. The summed E-state index contributed by atoms with van der Waals surface area (Å²) in [6.07, 6.45) is 8.15. The Morgan fingerprint density at radius 2 is 0.900 bits per heavy atom. The third-order valence-corrected chi connectivity index (χ3v) is 3.76. The molecule has 178 valence electrons. The molecule has 0 aliphatic carbocycles. The van der Waals surface area contributed by atoms with Crippen molar-refractivity contribution >= 4 is 13.3 Å². The third-order valence-electron chi connectivity index (χ3n) is 3.02. The molecule has 0 amide bonds. The van der Waals surface area contributed by atoms with Crippen LogP contribution in [0.2, 0.25) is 0 Å². The molecule has 0 saturated carbocycles. The summed E-state index contributed by atoms with van der Waals surface area (Å²) in [6.45, 7) is 9.58. The van der Waals surface area contributed by atoms with E-state index in [2.05, 4.69) is 27.7 Å². The summed E-state index contributed by atoms with van der Waals surface area (Å²) in [4.78, 5) is 8.53. The van der Waals surface area contributed by atoms with E-state index in [1.807, 2.05) is 6.07 Å². The third kappa shape index (κ3) is 50.9. The number of benzene rings is 1. The van der Waals surface area contributed by atoms with Crippen molar-refractivity contribution in [3.8, 4) is 0 Å². The Balaban J connectivity index is -0.0000000890. The van der Waals surface area contributed by atoms with E-state index in [9.17, 15) is 4.57 Å². The number of unbranched alkanes of at least 4 members (excludes halogenated alkanes) is 4. The zero-order valence-electron chi connectivity index (χ0n) is 19.5. The van der Waals surface area contributed by atoms with Crippen LogP contribution >= 0.6 is 8.03 Å². The second-order valence-electron chi connectivity index (χ2n) is 5.92. The molecule has 8 heteroatoms. The fraction of sp³-hybridized carbons (Fsp3) is 0.727. The van der Waals surface area contributed by atoms with Crippen LogP contribution in [0.15, 0.2) is 30.3 Å². The van der Waals surface area contributed by atoms with Gasteiger partial charge in [0.2, 0.25) is 5.30 Å². The van der Waals surface area contributed by atoms with Crippen LogP contribution < -0.4 is 5.30 Å². The first-order chi connectivity index (χ1) is 14.0. The first-order valence-electron chi connectivity index (χ1n) is 10.6. The van der Waals surface area contributed by atoms with Crippen molar-refractivity contribution in [2.75, 3.05) is 26.4 Å². The fourth-order valence-electron chi connectivity index (χ4n) is 1.19. The maximum absolute atomic E-state index is 10.3. The summed E-state index contributed by atoms with van der Waals surface area (Å²) >= 11 is 0. The molecule has 0 bridgehead atoms. The quantitative estimate of drug-likeness (QED) is 0.265. The topological polar surface area (TPSA) is 118 Å². The predicted octanol–water partition coefficient (Wildman–Crippen LogP) is 4.16. The van der Waals surface area contributed by atoms with Gasteiger partial charge in [-0.25, -0.2) is 0 Å². The average molecular weight is 485 g/mol. The molecule has 0 radical (unpaired) electrons. The van der Waals surface area contributed by atoms with Gasteiger partial charge in [-0.1, -0.05) is 71.6 Å².